The van der Waals surface area contributed by atoms with Crippen molar-refractivity contribution in [3.63, 3.8) is 0 Å². The number of benzene rings is 2. The van der Waals surface area contributed by atoms with Gasteiger partial charge in [0.05, 0.1) is 24.5 Å². The number of anilines is 1. The summed E-state index contributed by atoms with van der Waals surface area (Å²) in [6.07, 6.45) is 4.01. The summed E-state index contributed by atoms with van der Waals surface area (Å²) in [4.78, 5) is 24.2. The van der Waals surface area contributed by atoms with Gasteiger partial charge >= 0.3 is 5.97 Å². The van der Waals surface area contributed by atoms with Crippen molar-refractivity contribution in [3.05, 3.63) is 65.7 Å². The molecule has 136 valence electrons. The Kier molecular flexibility index (Phi) is 7.43. The molecule has 0 heterocycles. The van der Waals surface area contributed by atoms with Crippen molar-refractivity contribution < 1.29 is 19.1 Å². The minimum atomic E-state index is -0.467. The number of carbonyl (C=O) groups excluding carboxylic acids is 2. The van der Waals surface area contributed by atoms with Crippen LogP contribution in [0.5, 0.6) is 5.75 Å². The standard InChI is InChI=1S/C21H23NO4/c1-3-15-26-19-12-8-5-9-16(19)13-14-20(23)22-18-11-7-6-10-17(18)21(24)25-4-2/h5-14H,3-4,15H2,1-2H3,(H,22,23)/b14-13+. The van der Waals surface area contributed by atoms with E-state index in [4.69, 9.17) is 9.47 Å². The first kappa shape index (κ1) is 19.2. The molecule has 0 aromatic heterocycles. The van der Waals surface area contributed by atoms with Gasteiger partial charge in [-0.2, -0.15) is 0 Å². The summed E-state index contributed by atoms with van der Waals surface area (Å²) in [5, 5.41) is 2.72. The summed E-state index contributed by atoms with van der Waals surface area (Å²) in [5.74, 6) is -0.0805. The van der Waals surface area contributed by atoms with Gasteiger partial charge in [0.1, 0.15) is 5.75 Å². The van der Waals surface area contributed by atoms with E-state index in [2.05, 4.69) is 5.32 Å². The second-order valence-electron chi connectivity index (χ2n) is 5.47. The lowest BCUT2D eigenvalue weighted by atomic mass is 10.1. The van der Waals surface area contributed by atoms with Crippen LogP contribution in [0.3, 0.4) is 0 Å². The van der Waals surface area contributed by atoms with Crippen LogP contribution in [0.1, 0.15) is 36.2 Å². The van der Waals surface area contributed by atoms with E-state index < -0.39 is 5.97 Å². The van der Waals surface area contributed by atoms with Gasteiger partial charge in [0, 0.05) is 11.6 Å². The molecule has 2 aromatic rings. The lowest BCUT2D eigenvalue weighted by Crippen LogP contribution is -2.13. The van der Waals surface area contributed by atoms with Crippen LogP contribution in [-0.2, 0) is 9.53 Å². The molecule has 0 spiro atoms. The highest BCUT2D eigenvalue weighted by molar-refractivity contribution is 6.06. The van der Waals surface area contributed by atoms with Crippen molar-refractivity contribution in [3.8, 4) is 5.75 Å². The summed E-state index contributed by atoms with van der Waals surface area (Å²) in [5.41, 5.74) is 1.55. The number of rotatable bonds is 8. The lowest BCUT2D eigenvalue weighted by Gasteiger charge is -2.09. The lowest BCUT2D eigenvalue weighted by molar-refractivity contribution is -0.111. The zero-order valence-electron chi connectivity index (χ0n) is 15.0. The minimum absolute atomic E-state index is 0.273. The monoisotopic (exact) mass is 353 g/mol. The Morgan fingerprint density at radius 2 is 1.77 bits per heavy atom. The van der Waals surface area contributed by atoms with Crippen LogP contribution in [0.15, 0.2) is 54.6 Å². The molecule has 5 heteroatoms. The Bertz CT molecular complexity index is 783. The molecule has 0 radical (unpaired) electrons. The van der Waals surface area contributed by atoms with Gasteiger partial charge < -0.3 is 14.8 Å². The van der Waals surface area contributed by atoms with Crippen molar-refractivity contribution >= 4 is 23.6 Å². The third-order valence-corrected chi connectivity index (χ3v) is 3.48. The van der Waals surface area contributed by atoms with Crippen LogP contribution in [0.4, 0.5) is 5.69 Å². The number of ether oxygens (including phenoxy) is 2. The predicted molar refractivity (Wildman–Crippen MR) is 102 cm³/mol. The van der Waals surface area contributed by atoms with Gasteiger partial charge in [0.25, 0.3) is 0 Å². The van der Waals surface area contributed by atoms with E-state index in [-0.39, 0.29) is 12.5 Å². The molecule has 0 fully saturated rings. The molecule has 5 nitrogen and oxygen atoms in total. The molecule has 0 unspecified atom stereocenters. The maximum atomic E-state index is 12.3. The topological polar surface area (TPSA) is 64.6 Å². The molecule has 26 heavy (non-hydrogen) atoms. The number of esters is 1. The second kappa shape index (κ2) is 10.0. The molecule has 0 saturated carbocycles. The van der Waals surface area contributed by atoms with E-state index in [9.17, 15) is 9.59 Å². The molecular weight excluding hydrogens is 330 g/mol. The third kappa shape index (κ3) is 5.48. The largest absolute Gasteiger partial charge is 0.493 e. The van der Waals surface area contributed by atoms with Gasteiger partial charge in [-0.25, -0.2) is 4.79 Å². The summed E-state index contributed by atoms with van der Waals surface area (Å²) in [7, 11) is 0. The SMILES string of the molecule is CCCOc1ccccc1/C=C/C(=O)Nc1ccccc1C(=O)OCC. The third-order valence-electron chi connectivity index (χ3n) is 3.48. The molecule has 0 saturated heterocycles. The fraction of sp³-hybridized carbons (Fsp3) is 0.238. The number of amides is 1. The van der Waals surface area contributed by atoms with E-state index in [1.165, 1.54) is 6.08 Å². The molecule has 0 atom stereocenters. The number of hydrogen-bond acceptors (Lipinski definition) is 4. The number of hydrogen-bond donors (Lipinski definition) is 1. The van der Waals surface area contributed by atoms with E-state index in [0.29, 0.717) is 17.9 Å². The molecule has 1 N–H and O–H groups in total. The summed E-state index contributed by atoms with van der Waals surface area (Å²) in [6, 6.07) is 14.3. The fourth-order valence-electron chi connectivity index (χ4n) is 2.28. The normalized spacial score (nSPS) is 10.5. The highest BCUT2D eigenvalue weighted by Gasteiger charge is 2.12. The van der Waals surface area contributed by atoms with Crippen LogP contribution in [-0.4, -0.2) is 25.1 Å². The van der Waals surface area contributed by atoms with E-state index >= 15 is 0 Å². The Morgan fingerprint density at radius 3 is 2.54 bits per heavy atom. The fourth-order valence-corrected chi connectivity index (χ4v) is 2.28. The number of para-hydroxylation sites is 2. The summed E-state index contributed by atoms with van der Waals surface area (Å²) >= 11 is 0. The molecule has 0 aliphatic rings. The van der Waals surface area contributed by atoms with Gasteiger partial charge in [-0.05, 0) is 37.6 Å². The van der Waals surface area contributed by atoms with Crippen molar-refractivity contribution in [2.24, 2.45) is 0 Å². The molecule has 0 aliphatic carbocycles. The first-order chi connectivity index (χ1) is 12.7. The summed E-state index contributed by atoms with van der Waals surface area (Å²) < 4.78 is 10.7. The van der Waals surface area contributed by atoms with Crippen LogP contribution < -0.4 is 10.1 Å². The maximum absolute atomic E-state index is 12.3. The molecule has 2 aromatic carbocycles. The van der Waals surface area contributed by atoms with Crippen LogP contribution in [0, 0.1) is 0 Å². The molecular formula is C21H23NO4. The van der Waals surface area contributed by atoms with Crippen molar-refractivity contribution in [1.29, 1.82) is 0 Å². The van der Waals surface area contributed by atoms with Gasteiger partial charge in [-0.15, -0.1) is 0 Å². The van der Waals surface area contributed by atoms with Crippen molar-refractivity contribution in [2.75, 3.05) is 18.5 Å². The van der Waals surface area contributed by atoms with Gasteiger partial charge in [-0.3, -0.25) is 4.79 Å². The molecule has 0 aliphatic heterocycles. The zero-order chi connectivity index (χ0) is 18.8. The second-order valence-corrected chi connectivity index (χ2v) is 5.47. The first-order valence-electron chi connectivity index (χ1n) is 8.62. The van der Waals surface area contributed by atoms with E-state index in [1.54, 1.807) is 37.3 Å². The van der Waals surface area contributed by atoms with Gasteiger partial charge in [0.2, 0.25) is 5.91 Å². The molecule has 0 bridgehead atoms. The predicted octanol–water partition coefficient (Wildman–Crippen LogP) is 4.30. The van der Waals surface area contributed by atoms with Crippen molar-refractivity contribution in [2.45, 2.75) is 20.3 Å². The minimum Gasteiger partial charge on any atom is -0.493 e. The smallest absolute Gasteiger partial charge is 0.340 e. The van der Waals surface area contributed by atoms with Crippen LogP contribution in [0.2, 0.25) is 0 Å². The Hall–Kier alpha value is -3.08. The van der Waals surface area contributed by atoms with E-state index in [1.807, 2.05) is 31.2 Å². The van der Waals surface area contributed by atoms with Gasteiger partial charge in [0.15, 0.2) is 0 Å². The Morgan fingerprint density at radius 1 is 1.04 bits per heavy atom. The van der Waals surface area contributed by atoms with Crippen LogP contribution >= 0.6 is 0 Å². The molecule has 1 amide bonds. The molecule has 2 rings (SSSR count). The number of nitrogens with one attached hydrogen (secondary N) is 1. The Labute approximate surface area is 153 Å². The average molecular weight is 353 g/mol. The highest BCUT2D eigenvalue weighted by Crippen LogP contribution is 2.20. The quantitative estimate of drug-likeness (QED) is 0.567. The van der Waals surface area contributed by atoms with Gasteiger partial charge in [-0.1, -0.05) is 37.3 Å². The van der Waals surface area contributed by atoms with E-state index in [0.717, 1.165) is 17.7 Å². The Balaban J connectivity index is 2.10. The van der Waals surface area contributed by atoms with Crippen molar-refractivity contribution in [1.82, 2.24) is 0 Å². The highest BCUT2D eigenvalue weighted by atomic mass is 16.5. The average Bonchev–Trinajstić information content (AvgIpc) is 2.66. The first-order valence-corrected chi connectivity index (χ1v) is 8.62. The number of carbonyl (C=O) groups is 2. The zero-order valence-corrected chi connectivity index (χ0v) is 15.0. The van der Waals surface area contributed by atoms with Crippen LogP contribution in [0.25, 0.3) is 6.08 Å². The maximum Gasteiger partial charge on any atom is 0.340 e. The summed E-state index contributed by atoms with van der Waals surface area (Å²) in [6.45, 7) is 4.66.